The van der Waals surface area contributed by atoms with Crippen LogP contribution in [0.25, 0.3) is 0 Å². The molecule has 2 N–H and O–H groups in total. The fourth-order valence-electron chi connectivity index (χ4n) is 2.30. The molecule has 1 fully saturated rings. The molecule has 0 spiro atoms. The highest BCUT2D eigenvalue weighted by Crippen LogP contribution is 2.29. The van der Waals surface area contributed by atoms with Crippen molar-refractivity contribution in [3.8, 4) is 0 Å². The van der Waals surface area contributed by atoms with Gasteiger partial charge in [-0.3, -0.25) is 4.90 Å². The van der Waals surface area contributed by atoms with E-state index < -0.39 is 12.2 Å². The topological polar surface area (TPSA) is 38.5 Å². The summed E-state index contributed by atoms with van der Waals surface area (Å²) < 4.78 is 43.8. The van der Waals surface area contributed by atoms with Gasteiger partial charge in [-0.25, -0.2) is 0 Å². The molecule has 17 heavy (non-hydrogen) atoms. The molecular weight excluding hydrogens is 233 g/mol. The first-order valence-electron chi connectivity index (χ1n) is 6.11. The number of halogens is 3. The van der Waals surface area contributed by atoms with E-state index in [1.807, 2.05) is 6.92 Å². The Morgan fingerprint density at radius 1 is 1.35 bits per heavy atom. The molecule has 3 nitrogen and oxygen atoms in total. The van der Waals surface area contributed by atoms with Gasteiger partial charge in [0.2, 0.25) is 0 Å². The minimum absolute atomic E-state index is 0.0250. The van der Waals surface area contributed by atoms with Crippen LogP contribution >= 0.6 is 0 Å². The average molecular weight is 254 g/mol. The molecule has 6 heteroatoms. The van der Waals surface area contributed by atoms with E-state index in [0.717, 1.165) is 0 Å². The van der Waals surface area contributed by atoms with E-state index in [9.17, 15) is 13.2 Å². The van der Waals surface area contributed by atoms with Gasteiger partial charge in [-0.2, -0.15) is 13.2 Å². The maximum atomic E-state index is 12.8. The fraction of sp³-hybridized carbons (Fsp3) is 1.00. The Bertz CT molecular complexity index is 215. The highest BCUT2D eigenvalue weighted by atomic mass is 19.4. The van der Waals surface area contributed by atoms with Crippen LogP contribution in [-0.4, -0.2) is 49.5 Å². The van der Waals surface area contributed by atoms with Crippen LogP contribution in [0.1, 0.15) is 26.2 Å². The second kappa shape index (κ2) is 6.56. The number of nitrogens with two attached hydrogens (primary N) is 1. The standard InChI is InChI=1S/C11H21F3N2O/c1-2-17-9-4-7-16(8-5-9)10(3-6-15)11(12,13)14/h9-10H,2-8,15H2,1H3. The Morgan fingerprint density at radius 2 is 1.94 bits per heavy atom. The summed E-state index contributed by atoms with van der Waals surface area (Å²) in [5.74, 6) is 0. The third-order valence-electron chi connectivity index (χ3n) is 3.14. The molecule has 0 saturated carbocycles. The summed E-state index contributed by atoms with van der Waals surface area (Å²) >= 11 is 0. The molecular formula is C11H21F3N2O. The quantitative estimate of drug-likeness (QED) is 0.812. The number of alkyl halides is 3. The number of ether oxygens (including phenoxy) is 1. The summed E-state index contributed by atoms with van der Waals surface area (Å²) in [5.41, 5.74) is 5.26. The lowest BCUT2D eigenvalue weighted by molar-refractivity contribution is -0.190. The molecule has 0 aromatic carbocycles. The summed E-state index contributed by atoms with van der Waals surface area (Å²) in [6.45, 7) is 3.47. The van der Waals surface area contributed by atoms with Gasteiger partial charge in [-0.1, -0.05) is 0 Å². The van der Waals surface area contributed by atoms with Gasteiger partial charge in [0.05, 0.1) is 6.10 Å². The summed E-state index contributed by atoms with van der Waals surface area (Å²) in [4.78, 5) is 1.49. The maximum absolute atomic E-state index is 12.8. The van der Waals surface area contributed by atoms with E-state index in [4.69, 9.17) is 10.5 Å². The summed E-state index contributed by atoms with van der Waals surface area (Å²) in [5, 5.41) is 0. The Balaban J connectivity index is 2.49. The van der Waals surface area contributed by atoms with Gasteiger partial charge in [0, 0.05) is 19.7 Å². The molecule has 0 amide bonds. The molecule has 102 valence electrons. The lowest BCUT2D eigenvalue weighted by Gasteiger charge is -2.38. The molecule has 1 saturated heterocycles. The normalized spacial score (nSPS) is 21.7. The lowest BCUT2D eigenvalue weighted by atomic mass is 10.0. The van der Waals surface area contributed by atoms with E-state index in [0.29, 0.717) is 32.5 Å². The third kappa shape index (κ3) is 4.44. The van der Waals surface area contributed by atoms with Crippen LogP contribution in [0.5, 0.6) is 0 Å². The number of piperidine rings is 1. The van der Waals surface area contributed by atoms with E-state index in [1.54, 1.807) is 0 Å². The molecule has 1 rings (SSSR count). The van der Waals surface area contributed by atoms with Crippen LogP contribution in [0.4, 0.5) is 13.2 Å². The third-order valence-corrected chi connectivity index (χ3v) is 3.14. The Labute approximate surface area is 100 Å². The van der Waals surface area contributed by atoms with Gasteiger partial charge < -0.3 is 10.5 Å². The number of hydrogen-bond acceptors (Lipinski definition) is 3. The van der Waals surface area contributed by atoms with Gasteiger partial charge in [-0.15, -0.1) is 0 Å². The SMILES string of the molecule is CCOC1CCN(C(CCN)C(F)(F)F)CC1. The molecule has 0 aromatic rings. The van der Waals surface area contributed by atoms with Crippen LogP contribution in [0.2, 0.25) is 0 Å². The van der Waals surface area contributed by atoms with Gasteiger partial charge in [-0.05, 0) is 32.7 Å². The monoisotopic (exact) mass is 254 g/mol. The zero-order valence-corrected chi connectivity index (χ0v) is 10.2. The number of hydrogen-bond donors (Lipinski definition) is 1. The molecule has 1 unspecified atom stereocenters. The average Bonchev–Trinajstić information content (AvgIpc) is 2.26. The summed E-state index contributed by atoms with van der Waals surface area (Å²) in [6.07, 6.45) is -2.75. The van der Waals surface area contributed by atoms with Crippen molar-refractivity contribution >= 4 is 0 Å². The van der Waals surface area contributed by atoms with Crippen LogP contribution in [0, 0.1) is 0 Å². The van der Waals surface area contributed by atoms with Gasteiger partial charge >= 0.3 is 6.18 Å². The second-order valence-electron chi connectivity index (χ2n) is 4.33. The van der Waals surface area contributed by atoms with E-state index >= 15 is 0 Å². The zero-order chi connectivity index (χ0) is 12.9. The predicted octanol–water partition coefficient (Wildman–Crippen LogP) is 1.77. The number of likely N-dealkylation sites (tertiary alicyclic amines) is 1. The van der Waals surface area contributed by atoms with E-state index in [2.05, 4.69) is 0 Å². The van der Waals surface area contributed by atoms with Gasteiger partial charge in [0.1, 0.15) is 6.04 Å². The molecule has 0 bridgehead atoms. The van der Waals surface area contributed by atoms with Crippen molar-refractivity contribution in [3.05, 3.63) is 0 Å². The fourth-order valence-corrected chi connectivity index (χ4v) is 2.30. The minimum atomic E-state index is -4.18. The van der Waals surface area contributed by atoms with Crippen molar-refractivity contribution < 1.29 is 17.9 Å². The Hall–Kier alpha value is -0.330. The maximum Gasteiger partial charge on any atom is 0.404 e. The molecule has 1 atom stereocenters. The van der Waals surface area contributed by atoms with E-state index in [-0.39, 0.29) is 19.1 Å². The second-order valence-corrected chi connectivity index (χ2v) is 4.33. The molecule has 0 radical (unpaired) electrons. The van der Waals surface area contributed by atoms with Crippen LogP contribution < -0.4 is 5.73 Å². The van der Waals surface area contributed by atoms with Crippen molar-refractivity contribution in [1.29, 1.82) is 0 Å². The first-order valence-corrected chi connectivity index (χ1v) is 6.11. The van der Waals surface area contributed by atoms with Gasteiger partial charge in [0.15, 0.2) is 0 Å². The zero-order valence-electron chi connectivity index (χ0n) is 10.2. The van der Waals surface area contributed by atoms with Crippen molar-refractivity contribution in [2.75, 3.05) is 26.2 Å². The molecule has 1 heterocycles. The number of nitrogens with zero attached hydrogens (tertiary/aromatic N) is 1. The number of rotatable bonds is 5. The predicted molar refractivity (Wildman–Crippen MR) is 59.7 cm³/mol. The minimum Gasteiger partial charge on any atom is -0.378 e. The molecule has 0 aromatic heterocycles. The van der Waals surface area contributed by atoms with Crippen molar-refractivity contribution in [3.63, 3.8) is 0 Å². The Morgan fingerprint density at radius 3 is 2.35 bits per heavy atom. The smallest absolute Gasteiger partial charge is 0.378 e. The van der Waals surface area contributed by atoms with Crippen molar-refractivity contribution in [2.24, 2.45) is 5.73 Å². The van der Waals surface area contributed by atoms with Crippen molar-refractivity contribution in [1.82, 2.24) is 4.90 Å². The first kappa shape index (κ1) is 14.7. The van der Waals surface area contributed by atoms with Crippen LogP contribution in [-0.2, 0) is 4.74 Å². The van der Waals surface area contributed by atoms with Crippen LogP contribution in [0.15, 0.2) is 0 Å². The molecule has 1 aliphatic heterocycles. The van der Waals surface area contributed by atoms with Crippen LogP contribution in [0.3, 0.4) is 0 Å². The first-order chi connectivity index (χ1) is 7.99. The molecule has 0 aliphatic carbocycles. The van der Waals surface area contributed by atoms with E-state index in [1.165, 1.54) is 4.90 Å². The van der Waals surface area contributed by atoms with Gasteiger partial charge in [0.25, 0.3) is 0 Å². The lowest BCUT2D eigenvalue weighted by Crippen LogP contribution is -2.50. The molecule has 1 aliphatic rings. The summed E-state index contributed by atoms with van der Waals surface area (Å²) in [7, 11) is 0. The summed E-state index contributed by atoms with van der Waals surface area (Å²) in [6, 6.07) is -1.39. The Kier molecular flexibility index (Phi) is 5.69. The van der Waals surface area contributed by atoms with Crippen molar-refractivity contribution in [2.45, 2.75) is 44.5 Å². The largest absolute Gasteiger partial charge is 0.404 e. The highest BCUT2D eigenvalue weighted by Gasteiger charge is 2.43. The highest BCUT2D eigenvalue weighted by molar-refractivity contribution is 4.83.